The summed E-state index contributed by atoms with van der Waals surface area (Å²) in [6.45, 7) is 0. The van der Waals surface area contributed by atoms with Crippen molar-refractivity contribution in [3.63, 3.8) is 0 Å². The van der Waals surface area contributed by atoms with Crippen LogP contribution in [0.15, 0.2) is 30.6 Å². The minimum absolute atomic E-state index is 0.132. The van der Waals surface area contributed by atoms with E-state index in [2.05, 4.69) is 9.97 Å². The summed E-state index contributed by atoms with van der Waals surface area (Å²) in [5.74, 6) is -0.236. The summed E-state index contributed by atoms with van der Waals surface area (Å²) in [5.41, 5.74) is 2.12. The van der Waals surface area contributed by atoms with Gasteiger partial charge >= 0.3 is 5.97 Å². The van der Waals surface area contributed by atoms with Crippen molar-refractivity contribution >= 4 is 5.97 Å². The molecule has 1 aromatic heterocycles. The molecule has 1 aliphatic carbocycles. The molecule has 0 saturated carbocycles. The summed E-state index contributed by atoms with van der Waals surface area (Å²) in [5, 5.41) is 9.12. The lowest BCUT2D eigenvalue weighted by Gasteiger charge is -2.10. The normalized spacial score (nSPS) is 13.1. The molecule has 1 aromatic carbocycles. The minimum atomic E-state index is -1.01. The number of aromatic nitrogens is 2. The number of aryl methyl sites for hydroxylation is 1. The zero-order valence-corrected chi connectivity index (χ0v) is 10.2. The van der Waals surface area contributed by atoms with Crippen LogP contribution in [0.5, 0.6) is 11.6 Å². The molecule has 5 heteroatoms. The second-order valence-corrected chi connectivity index (χ2v) is 4.36. The number of fused-ring (bicyclic) bond motifs is 1. The van der Waals surface area contributed by atoms with Crippen molar-refractivity contribution in [2.24, 2.45) is 0 Å². The lowest BCUT2D eigenvalue weighted by Crippen LogP contribution is -2.02. The van der Waals surface area contributed by atoms with Gasteiger partial charge in [0.15, 0.2) is 0 Å². The van der Waals surface area contributed by atoms with E-state index >= 15 is 0 Å². The lowest BCUT2D eigenvalue weighted by molar-refractivity contribution is 0.0694. The number of carboxylic acid groups (broad SMARTS) is 1. The highest BCUT2D eigenvalue weighted by Gasteiger charge is 2.20. The molecular formula is C14H12N2O3. The molecule has 0 radical (unpaired) electrons. The molecule has 19 heavy (non-hydrogen) atoms. The molecule has 1 heterocycles. The lowest BCUT2D eigenvalue weighted by atomic mass is 10.2. The van der Waals surface area contributed by atoms with Gasteiger partial charge in [0, 0.05) is 5.56 Å². The number of hydrogen-bond donors (Lipinski definition) is 1. The van der Waals surface area contributed by atoms with E-state index in [0.29, 0.717) is 11.6 Å². The van der Waals surface area contributed by atoms with Gasteiger partial charge in [-0.15, -0.1) is 0 Å². The number of benzene rings is 1. The zero-order chi connectivity index (χ0) is 13.2. The molecule has 0 spiro atoms. The minimum Gasteiger partial charge on any atom is -0.478 e. The summed E-state index contributed by atoms with van der Waals surface area (Å²) in [6.07, 6.45) is 4.30. The van der Waals surface area contributed by atoms with Crippen LogP contribution in [0.4, 0.5) is 0 Å². The van der Waals surface area contributed by atoms with E-state index in [9.17, 15) is 4.79 Å². The van der Waals surface area contributed by atoms with Crippen LogP contribution in [0.1, 0.15) is 28.0 Å². The van der Waals surface area contributed by atoms with Crippen molar-refractivity contribution in [1.82, 2.24) is 9.97 Å². The van der Waals surface area contributed by atoms with Gasteiger partial charge in [0.25, 0.3) is 0 Å². The van der Waals surface area contributed by atoms with Crippen molar-refractivity contribution in [3.8, 4) is 11.6 Å². The summed E-state index contributed by atoms with van der Waals surface area (Å²) in [7, 11) is 0. The Bertz CT molecular complexity index is 640. The van der Waals surface area contributed by atoms with Gasteiger partial charge in [0.1, 0.15) is 17.6 Å². The highest BCUT2D eigenvalue weighted by atomic mass is 16.5. The topological polar surface area (TPSA) is 72.3 Å². The van der Waals surface area contributed by atoms with Gasteiger partial charge in [0.2, 0.25) is 5.88 Å². The first-order chi connectivity index (χ1) is 9.25. The van der Waals surface area contributed by atoms with E-state index in [1.54, 1.807) is 18.2 Å². The van der Waals surface area contributed by atoms with Crippen molar-refractivity contribution < 1.29 is 14.6 Å². The molecule has 3 rings (SSSR count). The van der Waals surface area contributed by atoms with E-state index in [0.717, 1.165) is 30.5 Å². The summed E-state index contributed by atoms with van der Waals surface area (Å²) < 4.78 is 5.68. The van der Waals surface area contributed by atoms with Gasteiger partial charge in [-0.25, -0.2) is 14.8 Å². The van der Waals surface area contributed by atoms with Gasteiger partial charge in [0.05, 0.1) is 5.69 Å². The van der Waals surface area contributed by atoms with Gasteiger partial charge < -0.3 is 9.84 Å². The largest absolute Gasteiger partial charge is 0.478 e. The molecule has 96 valence electrons. The molecule has 0 saturated heterocycles. The van der Waals surface area contributed by atoms with Crippen LogP contribution in [0, 0.1) is 0 Å². The Kier molecular flexibility index (Phi) is 2.87. The van der Waals surface area contributed by atoms with Crippen LogP contribution in [-0.2, 0) is 12.8 Å². The first kappa shape index (κ1) is 11.6. The number of para-hydroxylation sites is 1. The standard InChI is InChI=1S/C14H12N2O3/c17-14(18)10-4-1-2-7-12(10)19-13-9-5-3-6-11(9)15-8-16-13/h1-2,4,7-8H,3,5-6H2,(H,17,18). The summed E-state index contributed by atoms with van der Waals surface area (Å²) >= 11 is 0. The molecular weight excluding hydrogens is 244 g/mol. The number of rotatable bonds is 3. The first-order valence-electron chi connectivity index (χ1n) is 6.08. The average Bonchev–Trinajstić information content (AvgIpc) is 2.88. The monoisotopic (exact) mass is 256 g/mol. The van der Waals surface area contributed by atoms with Crippen LogP contribution < -0.4 is 4.74 Å². The maximum absolute atomic E-state index is 11.1. The third kappa shape index (κ3) is 2.14. The molecule has 0 aliphatic heterocycles. The Balaban J connectivity index is 1.99. The molecule has 2 aromatic rings. The number of aromatic carboxylic acids is 1. The Morgan fingerprint density at radius 1 is 1.21 bits per heavy atom. The Labute approximate surface area is 109 Å². The number of ether oxygens (including phenoxy) is 1. The number of nitrogens with zero attached hydrogens (tertiary/aromatic N) is 2. The highest BCUT2D eigenvalue weighted by Crippen LogP contribution is 2.31. The van der Waals surface area contributed by atoms with E-state index in [4.69, 9.17) is 9.84 Å². The Morgan fingerprint density at radius 3 is 2.89 bits per heavy atom. The maximum atomic E-state index is 11.1. The van der Waals surface area contributed by atoms with Gasteiger partial charge in [-0.1, -0.05) is 12.1 Å². The average molecular weight is 256 g/mol. The molecule has 0 fully saturated rings. The second kappa shape index (κ2) is 4.68. The van der Waals surface area contributed by atoms with Crippen molar-refractivity contribution in [3.05, 3.63) is 47.4 Å². The van der Waals surface area contributed by atoms with E-state index in [1.165, 1.54) is 12.4 Å². The second-order valence-electron chi connectivity index (χ2n) is 4.36. The molecule has 1 N–H and O–H groups in total. The fourth-order valence-electron chi connectivity index (χ4n) is 2.25. The third-order valence-electron chi connectivity index (χ3n) is 3.16. The molecule has 5 nitrogen and oxygen atoms in total. The number of hydrogen-bond acceptors (Lipinski definition) is 4. The predicted molar refractivity (Wildman–Crippen MR) is 67.5 cm³/mol. The quantitative estimate of drug-likeness (QED) is 0.913. The fourth-order valence-corrected chi connectivity index (χ4v) is 2.25. The van der Waals surface area contributed by atoms with Gasteiger partial charge in [-0.2, -0.15) is 0 Å². The van der Waals surface area contributed by atoms with Crippen LogP contribution in [-0.4, -0.2) is 21.0 Å². The van der Waals surface area contributed by atoms with E-state index < -0.39 is 5.97 Å². The smallest absolute Gasteiger partial charge is 0.339 e. The van der Waals surface area contributed by atoms with E-state index in [1.807, 2.05) is 0 Å². The molecule has 1 aliphatic rings. The van der Waals surface area contributed by atoms with Gasteiger partial charge in [-0.05, 0) is 31.4 Å². The van der Waals surface area contributed by atoms with E-state index in [-0.39, 0.29) is 5.56 Å². The molecule has 0 amide bonds. The van der Waals surface area contributed by atoms with Crippen LogP contribution >= 0.6 is 0 Å². The molecule has 0 atom stereocenters. The SMILES string of the molecule is O=C(O)c1ccccc1Oc1ncnc2c1CCC2. The van der Waals surface area contributed by atoms with Crippen molar-refractivity contribution in [1.29, 1.82) is 0 Å². The third-order valence-corrected chi connectivity index (χ3v) is 3.16. The number of carbonyl (C=O) groups is 1. The Morgan fingerprint density at radius 2 is 2.05 bits per heavy atom. The first-order valence-corrected chi connectivity index (χ1v) is 6.08. The van der Waals surface area contributed by atoms with Crippen LogP contribution in [0.25, 0.3) is 0 Å². The van der Waals surface area contributed by atoms with Gasteiger partial charge in [-0.3, -0.25) is 0 Å². The Hall–Kier alpha value is -2.43. The van der Waals surface area contributed by atoms with Crippen molar-refractivity contribution in [2.45, 2.75) is 19.3 Å². The zero-order valence-electron chi connectivity index (χ0n) is 10.2. The fraction of sp³-hybridized carbons (Fsp3) is 0.214. The molecule has 0 unspecified atom stereocenters. The van der Waals surface area contributed by atoms with Crippen LogP contribution in [0.2, 0.25) is 0 Å². The molecule has 0 bridgehead atoms. The highest BCUT2D eigenvalue weighted by molar-refractivity contribution is 5.90. The number of carboxylic acids is 1. The maximum Gasteiger partial charge on any atom is 0.339 e. The predicted octanol–water partition coefficient (Wildman–Crippen LogP) is 2.46. The van der Waals surface area contributed by atoms with Crippen LogP contribution in [0.3, 0.4) is 0 Å². The summed E-state index contributed by atoms with van der Waals surface area (Å²) in [6, 6.07) is 6.55. The summed E-state index contributed by atoms with van der Waals surface area (Å²) in [4.78, 5) is 19.5. The van der Waals surface area contributed by atoms with Crippen molar-refractivity contribution in [2.75, 3.05) is 0 Å².